The van der Waals surface area contributed by atoms with Crippen LogP contribution in [0.25, 0.3) is 5.57 Å². The SMILES string of the molecule is CCCC=CC1CCC(C2CCC(C=CC3CC=C(c4ccc(C)c(F)c4F)CC3)CC2)CC1. The first-order valence-corrected chi connectivity index (χ1v) is 14.0. The Hall–Kier alpha value is -1.70. The van der Waals surface area contributed by atoms with Crippen molar-refractivity contribution in [3.63, 3.8) is 0 Å². The third-order valence-corrected chi connectivity index (χ3v) is 8.89. The molecule has 0 aromatic heterocycles. The lowest BCUT2D eigenvalue weighted by molar-refractivity contribution is 0.166. The lowest BCUT2D eigenvalue weighted by Crippen LogP contribution is -2.25. The van der Waals surface area contributed by atoms with Crippen molar-refractivity contribution >= 4 is 5.57 Å². The van der Waals surface area contributed by atoms with Gasteiger partial charge in [0.15, 0.2) is 11.6 Å². The summed E-state index contributed by atoms with van der Waals surface area (Å²) in [5.74, 6) is 2.65. The first-order valence-electron chi connectivity index (χ1n) is 14.0. The molecule has 0 nitrogen and oxygen atoms in total. The van der Waals surface area contributed by atoms with Gasteiger partial charge < -0.3 is 0 Å². The van der Waals surface area contributed by atoms with Crippen molar-refractivity contribution in [3.05, 3.63) is 65.3 Å². The zero-order valence-electron chi connectivity index (χ0n) is 21.4. The van der Waals surface area contributed by atoms with E-state index in [4.69, 9.17) is 0 Å². The van der Waals surface area contributed by atoms with Crippen LogP contribution in [0.2, 0.25) is 0 Å². The summed E-state index contributed by atoms with van der Waals surface area (Å²) in [5.41, 5.74) is 1.80. The van der Waals surface area contributed by atoms with Crippen LogP contribution in [0.1, 0.15) is 102 Å². The van der Waals surface area contributed by atoms with Crippen LogP contribution in [0.15, 0.2) is 42.5 Å². The van der Waals surface area contributed by atoms with Crippen LogP contribution in [0.4, 0.5) is 8.78 Å². The Balaban J connectivity index is 1.20. The summed E-state index contributed by atoms with van der Waals surface area (Å²) in [7, 11) is 0. The van der Waals surface area contributed by atoms with E-state index >= 15 is 0 Å². The van der Waals surface area contributed by atoms with Crippen LogP contribution in [-0.2, 0) is 0 Å². The maximum Gasteiger partial charge on any atom is 0.166 e. The van der Waals surface area contributed by atoms with Gasteiger partial charge in [-0.1, -0.05) is 55.9 Å². The average Bonchev–Trinajstić information content (AvgIpc) is 2.88. The Morgan fingerprint density at radius 3 is 1.97 bits per heavy atom. The van der Waals surface area contributed by atoms with Crippen LogP contribution < -0.4 is 0 Å². The van der Waals surface area contributed by atoms with Gasteiger partial charge in [-0.2, -0.15) is 0 Å². The van der Waals surface area contributed by atoms with Crippen LogP contribution in [0, 0.1) is 48.1 Å². The minimum atomic E-state index is -0.701. The van der Waals surface area contributed by atoms with Crippen LogP contribution >= 0.6 is 0 Å². The fourth-order valence-corrected chi connectivity index (χ4v) is 6.56. The van der Waals surface area contributed by atoms with E-state index in [-0.39, 0.29) is 0 Å². The molecule has 2 fully saturated rings. The van der Waals surface area contributed by atoms with Crippen molar-refractivity contribution in [2.45, 2.75) is 97.3 Å². The highest BCUT2D eigenvalue weighted by atomic mass is 19.2. The van der Waals surface area contributed by atoms with Gasteiger partial charge in [0, 0.05) is 5.56 Å². The second-order valence-electron chi connectivity index (χ2n) is 11.3. The van der Waals surface area contributed by atoms with Crippen molar-refractivity contribution in [1.29, 1.82) is 0 Å². The van der Waals surface area contributed by atoms with E-state index in [0.717, 1.165) is 48.5 Å². The lowest BCUT2D eigenvalue weighted by Gasteiger charge is -2.37. The Morgan fingerprint density at radius 1 is 0.765 bits per heavy atom. The van der Waals surface area contributed by atoms with Gasteiger partial charge in [-0.25, -0.2) is 8.78 Å². The number of unbranched alkanes of at least 4 members (excludes halogenated alkanes) is 1. The number of allylic oxidation sites excluding steroid dienone is 6. The Kier molecular flexibility index (Phi) is 9.20. The Morgan fingerprint density at radius 2 is 1.38 bits per heavy atom. The smallest absolute Gasteiger partial charge is 0.166 e. The molecule has 1 atom stereocenters. The Labute approximate surface area is 206 Å². The van der Waals surface area contributed by atoms with Gasteiger partial charge in [0.25, 0.3) is 0 Å². The van der Waals surface area contributed by atoms with E-state index in [1.165, 1.54) is 64.2 Å². The molecule has 0 bridgehead atoms. The summed E-state index contributed by atoms with van der Waals surface area (Å²) in [5, 5.41) is 0. The van der Waals surface area contributed by atoms with Gasteiger partial charge >= 0.3 is 0 Å². The van der Waals surface area contributed by atoms with Crippen LogP contribution in [0.3, 0.4) is 0 Å². The first kappa shape index (κ1) is 25.4. The summed E-state index contributed by atoms with van der Waals surface area (Å²) in [6.45, 7) is 3.87. The summed E-state index contributed by atoms with van der Waals surface area (Å²) in [6.07, 6.45) is 28.4. The Bertz CT molecular complexity index is 877. The van der Waals surface area contributed by atoms with E-state index < -0.39 is 11.6 Å². The number of benzene rings is 1. The predicted molar refractivity (Wildman–Crippen MR) is 140 cm³/mol. The molecule has 1 aromatic rings. The molecule has 0 amide bonds. The first-order chi connectivity index (χ1) is 16.5. The minimum Gasteiger partial charge on any atom is -0.203 e. The summed E-state index contributed by atoms with van der Waals surface area (Å²) >= 11 is 0. The van der Waals surface area contributed by atoms with Gasteiger partial charge in [0.05, 0.1) is 0 Å². The molecule has 0 spiro atoms. The standard InChI is InChI=1S/C32H44F2/c1-3-4-5-6-24-10-16-27(17-11-24)28-18-12-25(13-19-28)8-9-26-14-20-29(21-15-26)30-22-7-23(2)31(33)32(30)34/h5-9,20,22,24-28H,3-4,10-19,21H2,1-2H3. The number of hydrogen-bond donors (Lipinski definition) is 0. The lowest BCUT2D eigenvalue weighted by atomic mass is 9.69. The van der Waals surface area contributed by atoms with E-state index in [9.17, 15) is 8.78 Å². The normalized spacial score (nSPS) is 30.7. The topological polar surface area (TPSA) is 0 Å². The zero-order chi connectivity index (χ0) is 23.9. The largest absolute Gasteiger partial charge is 0.203 e. The highest BCUT2D eigenvalue weighted by Crippen LogP contribution is 2.42. The molecule has 2 heteroatoms. The molecule has 186 valence electrons. The molecule has 0 N–H and O–H groups in total. The molecule has 4 rings (SSSR count). The molecule has 3 aliphatic rings. The monoisotopic (exact) mass is 466 g/mol. The zero-order valence-corrected chi connectivity index (χ0v) is 21.4. The second kappa shape index (κ2) is 12.3. The van der Waals surface area contributed by atoms with Crippen molar-refractivity contribution in [3.8, 4) is 0 Å². The van der Waals surface area contributed by atoms with Gasteiger partial charge in [-0.15, -0.1) is 0 Å². The quantitative estimate of drug-likeness (QED) is 0.351. The fourth-order valence-electron chi connectivity index (χ4n) is 6.56. The molecule has 1 unspecified atom stereocenters. The molecule has 34 heavy (non-hydrogen) atoms. The predicted octanol–water partition coefficient (Wildman–Crippen LogP) is 9.98. The highest BCUT2D eigenvalue weighted by Gasteiger charge is 2.30. The highest BCUT2D eigenvalue weighted by molar-refractivity contribution is 5.67. The fraction of sp³-hybridized carbons (Fsp3) is 0.625. The molecule has 2 saturated carbocycles. The van der Waals surface area contributed by atoms with Crippen LogP contribution in [-0.4, -0.2) is 0 Å². The van der Waals surface area contributed by atoms with Crippen LogP contribution in [0.5, 0.6) is 0 Å². The molecule has 0 saturated heterocycles. The van der Waals surface area contributed by atoms with Crippen molar-refractivity contribution < 1.29 is 8.78 Å². The number of aryl methyl sites for hydroxylation is 1. The molecule has 0 heterocycles. The van der Waals surface area contributed by atoms with E-state index in [1.54, 1.807) is 19.1 Å². The summed E-state index contributed by atoms with van der Waals surface area (Å²) in [6, 6.07) is 3.43. The summed E-state index contributed by atoms with van der Waals surface area (Å²) < 4.78 is 28.3. The minimum absolute atomic E-state index is 0.375. The molecular weight excluding hydrogens is 422 g/mol. The molecule has 0 radical (unpaired) electrons. The third kappa shape index (κ3) is 6.49. The molecular formula is C32H44F2. The van der Waals surface area contributed by atoms with E-state index in [2.05, 4.69) is 37.3 Å². The second-order valence-corrected chi connectivity index (χ2v) is 11.3. The maximum absolute atomic E-state index is 14.4. The average molecular weight is 467 g/mol. The van der Waals surface area contributed by atoms with Gasteiger partial charge in [-0.3, -0.25) is 0 Å². The third-order valence-electron chi connectivity index (χ3n) is 8.89. The summed E-state index contributed by atoms with van der Waals surface area (Å²) in [4.78, 5) is 0. The van der Waals surface area contributed by atoms with E-state index in [0.29, 0.717) is 17.0 Å². The van der Waals surface area contributed by atoms with Gasteiger partial charge in [0.2, 0.25) is 0 Å². The molecule has 3 aliphatic carbocycles. The molecule has 0 aliphatic heterocycles. The number of halogens is 2. The van der Waals surface area contributed by atoms with Gasteiger partial charge in [-0.05, 0) is 125 Å². The molecule has 1 aromatic carbocycles. The van der Waals surface area contributed by atoms with E-state index in [1.807, 2.05) is 0 Å². The number of rotatable bonds is 7. The van der Waals surface area contributed by atoms with Crippen molar-refractivity contribution in [2.24, 2.45) is 29.6 Å². The van der Waals surface area contributed by atoms with Crippen molar-refractivity contribution in [1.82, 2.24) is 0 Å². The number of hydrogen-bond acceptors (Lipinski definition) is 0. The van der Waals surface area contributed by atoms with Gasteiger partial charge in [0.1, 0.15) is 0 Å². The van der Waals surface area contributed by atoms with Crippen molar-refractivity contribution in [2.75, 3.05) is 0 Å². The maximum atomic E-state index is 14.4.